The lowest BCUT2D eigenvalue weighted by Gasteiger charge is -1.96. The van der Waals surface area contributed by atoms with Gasteiger partial charge in [-0.25, -0.2) is 4.79 Å². The van der Waals surface area contributed by atoms with Crippen molar-refractivity contribution in [3.8, 4) is 0 Å². The highest BCUT2D eigenvalue weighted by Gasteiger charge is 2.12. The molecule has 2 aromatic heterocycles. The maximum absolute atomic E-state index is 11.4. The normalized spacial score (nSPS) is 10.5. The second-order valence-corrected chi connectivity index (χ2v) is 3.36. The Morgan fingerprint density at radius 1 is 1.67 bits per heavy atom. The van der Waals surface area contributed by atoms with Gasteiger partial charge in [0.2, 0.25) is 0 Å². The van der Waals surface area contributed by atoms with Crippen molar-refractivity contribution in [1.29, 1.82) is 0 Å². The van der Waals surface area contributed by atoms with Crippen LogP contribution in [0.4, 0.5) is 0 Å². The second-order valence-electron chi connectivity index (χ2n) is 2.96. The van der Waals surface area contributed by atoms with Crippen LogP contribution in [0.1, 0.15) is 17.4 Å². The van der Waals surface area contributed by atoms with Crippen LogP contribution in [-0.2, 0) is 4.74 Å². The zero-order valence-corrected chi connectivity index (χ0v) is 8.84. The minimum Gasteiger partial charge on any atom is -0.461 e. The van der Waals surface area contributed by atoms with Gasteiger partial charge in [0.15, 0.2) is 0 Å². The predicted molar refractivity (Wildman–Crippen MR) is 57.1 cm³/mol. The quantitative estimate of drug-likeness (QED) is 0.797. The lowest BCUT2D eigenvalue weighted by molar-refractivity contribution is 0.0520. The van der Waals surface area contributed by atoms with Gasteiger partial charge in [0, 0.05) is 6.20 Å². The van der Waals surface area contributed by atoms with Crippen LogP contribution in [0.3, 0.4) is 0 Å². The third-order valence-corrected chi connectivity index (χ3v) is 2.28. The van der Waals surface area contributed by atoms with Gasteiger partial charge >= 0.3 is 5.97 Å². The molecule has 0 aliphatic heterocycles. The molecule has 78 valence electrons. The maximum Gasteiger partial charge on any atom is 0.354 e. The number of pyridine rings is 1. The van der Waals surface area contributed by atoms with Gasteiger partial charge in [0.1, 0.15) is 5.69 Å². The summed E-state index contributed by atoms with van der Waals surface area (Å²) in [6.07, 6.45) is 1.59. The van der Waals surface area contributed by atoms with E-state index in [4.69, 9.17) is 16.3 Å². The number of ether oxygens (including phenoxy) is 1. The molecule has 0 saturated carbocycles. The van der Waals surface area contributed by atoms with Gasteiger partial charge in [-0.1, -0.05) is 11.6 Å². The van der Waals surface area contributed by atoms with Crippen LogP contribution in [-0.4, -0.2) is 22.5 Å². The van der Waals surface area contributed by atoms with Crippen LogP contribution in [0.5, 0.6) is 0 Å². The van der Waals surface area contributed by atoms with Crippen LogP contribution < -0.4 is 0 Å². The van der Waals surface area contributed by atoms with E-state index in [1.54, 1.807) is 25.3 Å². The summed E-state index contributed by atoms with van der Waals surface area (Å²) in [5.74, 6) is -0.397. The Kier molecular flexibility index (Phi) is 2.60. The van der Waals surface area contributed by atoms with E-state index in [0.29, 0.717) is 28.4 Å². The van der Waals surface area contributed by atoms with Gasteiger partial charge in [-0.05, 0) is 19.1 Å². The van der Waals surface area contributed by atoms with E-state index in [1.807, 2.05) is 0 Å². The number of nitrogens with zero attached hydrogens (tertiary/aromatic N) is 1. The number of aromatic amines is 1. The topological polar surface area (TPSA) is 55.0 Å². The number of rotatable bonds is 2. The molecule has 0 aliphatic carbocycles. The van der Waals surface area contributed by atoms with Crippen molar-refractivity contribution in [1.82, 2.24) is 9.97 Å². The first-order valence-corrected chi connectivity index (χ1v) is 4.90. The standard InChI is InChI=1S/C10H9ClN2O2/c1-2-15-10(14)8-5-7-9(13-8)6(11)3-4-12-7/h3-5,13H,2H2,1H3. The summed E-state index contributed by atoms with van der Waals surface area (Å²) in [6, 6.07) is 3.29. The van der Waals surface area contributed by atoms with Crippen molar-refractivity contribution >= 4 is 28.6 Å². The average molecular weight is 225 g/mol. The minimum atomic E-state index is -0.397. The van der Waals surface area contributed by atoms with Crippen molar-refractivity contribution in [3.63, 3.8) is 0 Å². The van der Waals surface area contributed by atoms with Gasteiger partial charge in [-0.3, -0.25) is 4.98 Å². The highest BCUT2D eigenvalue weighted by atomic mass is 35.5. The van der Waals surface area contributed by atoms with Gasteiger partial charge in [0.25, 0.3) is 0 Å². The fourth-order valence-corrected chi connectivity index (χ4v) is 1.51. The molecule has 0 atom stereocenters. The van der Waals surface area contributed by atoms with E-state index in [1.165, 1.54) is 0 Å². The number of halogens is 1. The molecular formula is C10H9ClN2O2. The summed E-state index contributed by atoms with van der Waals surface area (Å²) in [6.45, 7) is 2.10. The molecule has 0 fully saturated rings. The number of nitrogens with one attached hydrogen (secondary N) is 1. The molecule has 2 aromatic rings. The monoisotopic (exact) mass is 224 g/mol. The third kappa shape index (κ3) is 1.80. The van der Waals surface area contributed by atoms with E-state index in [2.05, 4.69) is 9.97 Å². The Morgan fingerprint density at radius 3 is 3.13 bits per heavy atom. The van der Waals surface area contributed by atoms with Crippen molar-refractivity contribution in [2.24, 2.45) is 0 Å². The van der Waals surface area contributed by atoms with Crippen LogP contribution in [0, 0.1) is 0 Å². The predicted octanol–water partition coefficient (Wildman–Crippen LogP) is 2.39. The number of carbonyl (C=O) groups is 1. The minimum absolute atomic E-state index is 0.343. The molecule has 2 heterocycles. The van der Waals surface area contributed by atoms with E-state index in [9.17, 15) is 4.79 Å². The average Bonchev–Trinajstić information content (AvgIpc) is 2.63. The highest BCUT2D eigenvalue weighted by molar-refractivity contribution is 6.35. The van der Waals surface area contributed by atoms with Crippen molar-refractivity contribution < 1.29 is 9.53 Å². The molecule has 1 N–H and O–H groups in total. The molecule has 0 spiro atoms. The SMILES string of the molecule is CCOC(=O)c1cc2nccc(Cl)c2[nH]1. The number of aromatic nitrogens is 2. The summed E-state index contributed by atoms with van der Waals surface area (Å²) in [5, 5.41) is 0.538. The van der Waals surface area contributed by atoms with E-state index in [0.717, 1.165) is 0 Å². The van der Waals surface area contributed by atoms with E-state index < -0.39 is 5.97 Å². The molecule has 5 heteroatoms. The molecular weight excluding hydrogens is 216 g/mol. The van der Waals surface area contributed by atoms with Crippen LogP contribution in [0.2, 0.25) is 5.02 Å². The van der Waals surface area contributed by atoms with Crippen molar-refractivity contribution in [2.45, 2.75) is 6.92 Å². The molecule has 0 amide bonds. The Morgan fingerprint density at radius 2 is 2.47 bits per heavy atom. The smallest absolute Gasteiger partial charge is 0.354 e. The van der Waals surface area contributed by atoms with Gasteiger partial charge in [-0.15, -0.1) is 0 Å². The number of fused-ring (bicyclic) bond motifs is 1. The molecule has 0 unspecified atom stereocenters. The first-order chi connectivity index (χ1) is 7.22. The zero-order valence-electron chi connectivity index (χ0n) is 8.08. The van der Waals surface area contributed by atoms with E-state index in [-0.39, 0.29) is 0 Å². The Balaban J connectivity index is 2.47. The molecule has 0 bridgehead atoms. The summed E-state index contributed by atoms with van der Waals surface area (Å²) in [4.78, 5) is 18.4. The van der Waals surface area contributed by atoms with Gasteiger partial charge < -0.3 is 9.72 Å². The Bertz CT molecular complexity index is 507. The Labute approximate surface area is 91.2 Å². The van der Waals surface area contributed by atoms with Gasteiger partial charge in [-0.2, -0.15) is 0 Å². The molecule has 0 saturated heterocycles. The van der Waals surface area contributed by atoms with Crippen LogP contribution >= 0.6 is 11.6 Å². The van der Waals surface area contributed by atoms with Gasteiger partial charge in [0.05, 0.1) is 22.7 Å². The summed E-state index contributed by atoms with van der Waals surface area (Å²) < 4.78 is 4.86. The summed E-state index contributed by atoms with van der Waals surface area (Å²) >= 11 is 5.93. The molecule has 2 rings (SSSR count). The molecule has 15 heavy (non-hydrogen) atoms. The first kappa shape index (κ1) is 9.98. The van der Waals surface area contributed by atoms with Crippen molar-refractivity contribution in [2.75, 3.05) is 6.61 Å². The van der Waals surface area contributed by atoms with E-state index >= 15 is 0 Å². The lowest BCUT2D eigenvalue weighted by atomic mass is 10.4. The molecule has 4 nitrogen and oxygen atoms in total. The fraction of sp³-hybridized carbons (Fsp3) is 0.200. The van der Waals surface area contributed by atoms with Crippen LogP contribution in [0.25, 0.3) is 11.0 Å². The Hall–Kier alpha value is -1.55. The molecule has 0 radical (unpaired) electrons. The molecule has 0 aliphatic rings. The van der Waals surface area contributed by atoms with Crippen molar-refractivity contribution in [3.05, 3.63) is 29.0 Å². The first-order valence-electron chi connectivity index (χ1n) is 4.52. The number of carbonyl (C=O) groups excluding carboxylic acids is 1. The third-order valence-electron chi connectivity index (χ3n) is 1.97. The number of hydrogen-bond donors (Lipinski definition) is 1. The van der Waals surface area contributed by atoms with Crippen LogP contribution in [0.15, 0.2) is 18.3 Å². The molecule has 0 aromatic carbocycles. The largest absolute Gasteiger partial charge is 0.461 e. The lowest BCUT2D eigenvalue weighted by Crippen LogP contribution is -2.04. The number of H-pyrrole nitrogens is 1. The second kappa shape index (κ2) is 3.90. The number of esters is 1. The zero-order chi connectivity index (χ0) is 10.8. The summed E-state index contributed by atoms with van der Waals surface area (Å²) in [7, 11) is 0. The highest BCUT2D eigenvalue weighted by Crippen LogP contribution is 2.21. The fourth-order valence-electron chi connectivity index (χ4n) is 1.31. The maximum atomic E-state index is 11.4. The number of hydrogen-bond acceptors (Lipinski definition) is 3. The summed E-state index contributed by atoms with van der Waals surface area (Å²) in [5.41, 5.74) is 1.68.